The molecule has 2 aromatic heterocycles. The van der Waals surface area contributed by atoms with Gasteiger partial charge in [-0.15, -0.1) is 0 Å². The molecule has 106 valence electrons. The fraction of sp³-hybridized carbons (Fsp3) is 0. The highest BCUT2D eigenvalue weighted by atomic mass is 35.5. The van der Waals surface area contributed by atoms with Gasteiger partial charge in [0, 0.05) is 11.6 Å². The summed E-state index contributed by atoms with van der Waals surface area (Å²) in [6.07, 6.45) is 2.79. The number of carbonyl (C=O) groups is 1. The highest BCUT2D eigenvalue weighted by Gasteiger charge is 2.14. The summed E-state index contributed by atoms with van der Waals surface area (Å²) < 4.78 is 5.29. The van der Waals surface area contributed by atoms with E-state index in [1.807, 2.05) is 0 Å². The first-order valence-corrected chi connectivity index (χ1v) is 6.61. The lowest BCUT2D eigenvalue weighted by Crippen LogP contribution is -2.12. The maximum absolute atomic E-state index is 11.9. The van der Waals surface area contributed by atoms with Gasteiger partial charge in [0.25, 0.3) is 5.91 Å². The molecule has 0 aliphatic rings. The van der Waals surface area contributed by atoms with Crippen molar-refractivity contribution in [2.45, 2.75) is 0 Å². The minimum atomic E-state index is -0.408. The van der Waals surface area contributed by atoms with E-state index in [9.17, 15) is 4.79 Å². The fourth-order valence-corrected chi connectivity index (χ4v) is 1.95. The van der Waals surface area contributed by atoms with Gasteiger partial charge >= 0.3 is 0 Å². The van der Waals surface area contributed by atoms with Crippen LogP contribution in [-0.4, -0.2) is 21.1 Å². The molecule has 8 heteroatoms. The molecule has 2 heterocycles. The molecular weight excluding hydrogens is 315 g/mol. The van der Waals surface area contributed by atoms with Crippen LogP contribution >= 0.6 is 23.2 Å². The van der Waals surface area contributed by atoms with Crippen molar-refractivity contribution in [3.05, 3.63) is 52.5 Å². The molecule has 3 aromatic rings. The van der Waals surface area contributed by atoms with Crippen molar-refractivity contribution in [3.63, 3.8) is 0 Å². The first-order valence-electron chi connectivity index (χ1n) is 5.85. The van der Waals surface area contributed by atoms with Crippen molar-refractivity contribution in [1.82, 2.24) is 15.2 Å². The van der Waals surface area contributed by atoms with Crippen LogP contribution in [-0.2, 0) is 0 Å². The monoisotopic (exact) mass is 322 g/mol. The standard InChI is InChI=1S/C13H8Cl2N4O2/c14-8-2-1-7(5-9(8)15)13-17-10(6-21-13)12(20)18-11-3-4-16-19-11/h1-6H,(H2,16,18,19,20). The number of oxazole rings is 1. The van der Waals surface area contributed by atoms with Crippen LogP contribution in [0, 0.1) is 0 Å². The van der Waals surface area contributed by atoms with Crippen molar-refractivity contribution in [1.29, 1.82) is 0 Å². The number of amides is 1. The highest BCUT2D eigenvalue weighted by molar-refractivity contribution is 6.42. The van der Waals surface area contributed by atoms with E-state index in [0.717, 1.165) is 0 Å². The predicted molar refractivity (Wildman–Crippen MR) is 78.5 cm³/mol. The molecule has 0 aliphatic heterocycles. The van der Waals surface area contributed by atoms with E-state index in [0.29, 0.717) is 21.4 Å². The van der Waals surface area contributed by atoms with Crippen LogP contribution in [0.4, 0.5) is 5.82 Å². The van der Waals surface area contributed by atoms with E-state index in [-0.39, 0.29) is 11.6 Å². The number of hydrogen-bond acceptors (Lipinski definition) is 4. The van der Waals surface area contributed by atoms with Crippen LogP contribution in [0.25, 0.3) is 11.5 Å². The maximum atomic E-state index is 11.9. The molecule has 0 unspecified atom stereocenters. The molecule has 0 radical (unpaired) electrons. The second-order valence-electron chi connectivity index (χ2n) is 4.09. The van der Waals surface area contributed by atoms with Gasteiger partial charge in [-0.2, -0.15) is 5.10 Å². The number of aromatic nitrogens is 3. The molecule has 0 spiro atoms. The van der Waals surface area contributed by atoms with Gasteiger partial charge < -0.3 is 9.73 Å². The summed E-state index contributed by atoms with van der Waals surface area (Å²) in [6, 6.07) is 6.58. The van der Waals surface area contributed by atoms with Gasteiger partial charge in [0.05, 0.1) is 16.2 Å². The van der Waals surface area contributed by atoms with Gasteiger partial charge in [-0.1, -0.05) is 23.2 Å². The lowest BCUT2D eigenvalue weighted by atomic mass is 10.2. The number of nitrogens with zero attached hydrogens (tertiary/aromatic N) is 2. The summed E-state index contributed by atoms with van der Waals surface area (Å²) in [7, 11) is 0. The Bertz CT molecular complexity index is 783. The Kier molecular flexibility index (Phi) is 3.64. The molecule has 0 atom stereocenters. The summed E-state index contributed by atoms with van der Waals surface area (Å²) >= 11 is 11.8. The van der Waals surface area contributed by atoms with Crippen molar-refractivity contribution in [2.24, 2.45) is 0 Å². The van der Waals surface area contributed by atoms with E-state index < -0.39 is 5.91 Å². The van der Waals surface area contributed by atoms with Crippen LogP contribution in [0.3, 0.4) is 0 Å². The lowest BCUT2D eigenvalue weighted by Gasteiger charge is -1.98. The zero-order valence-electron chi connectivity index (χ0n) is 10.4. The Morgan fingerprint density at radius 2 is 2.10 bits per heavy atom. The Morgan fingerprint density at radius 3 is 2.81 bits per heavy atom. The van der Waals surface area contributed by atoms with Gasteiger partial charge in [-0.05, 0) is 18.2 Å². The number of benzene rings is 1. The highest BCUT2D eigenvalue weighted by Crippen LogP contribution is 2.28. The summed E-state index contributed by atoms with van der Waals surface area (Å²) in [5.74, 6) is 0.344. The van der Waals surface area contributed by atoms with E-state index in [1.165, 1.54) is 12.5 Å². The van der Waals surface area contributed by atoms with E-state index in [1.54, 1.807) is 24.3 Å². The van der Waals surface area contributed by atoms with E-state index in [2.05, 4.69) is 20.5 Å². The number of halogens is 2. The van der Waals surface area contributed by atoms with E-state index >= 15 is 0 Å². The molecule has 1 aromatic carbocycles. The zero-order valence-corrected chi connectivity index (χ0v) is 11.9. The second-order valence-corrected chi connectivity index (χ2v) is 4.91. The summed E-state index contributed by atoms with van der Waals surface area (Å²) in [5, 5.41) is 9.76. The molecule has 3 rings (SSSR count). The summed E-state index contributed by atoms with van der Waals surface area (Å²) in [5.41, 5.74) is 0.774. The lowest BCUT2D eigenvalue weighted by molar-refractivity contribution is 0.102. The topological polar surface area (TPSA) is 83.8 Å². The number of rotatable bonds is 3. The van der Waals surface area contributed by atoms with Gasteiger partial charge in [0.2, 0.25) is 5.89 Å². The van der Waals surface area contributed by atoms with Crippen LogP contribution in [0.2, 0.25) is 10.0 Å². The number of aromatic amines is 1. The molecule has 21 heavy (non-hydrogen) atoms. The predicted octanol–water partition coefficient (Wildman–Crippen LogP) is 3.62. The molecule has 0 fully saturated rings. The molecule has 1 amide bonds. The minimum absolute atomic E-state index is 0.144. The molecule has 0 aliphatic carbocycles. The number of nitrogens with one attached hydrogen (secondary N) is 2. The molecule has 0 saturated carbocycles. The second kappa shape index (κ2) is 5.59. The van der Waals surface area contributed by atoms with Crippen molar-refractivity contribution < 1.29 is 9.21 Å². The first-order chi connectivity index (χ1) is 10.1. The van der Waals surface area contributed by atoms with Crippen molar-refractivity contribution in [3.8, 4) is 11.5 Å². The number of H-pyrrole nitrogens is 1. The average molecular weight is 323 g/mol. The molecule has 2 N–H and O–H groups in total. The summed E-state index contributed by atoms with van der Waals surface area (Å²) in [4.78, 5) is 16.1. The Morgan fingerprint density at radius 1 is 1.24 bits per heavy atom. The van der Waals surface area contributed by atoms with Crippen molar-refractivity contribution >= 4 is 34.9 Å². The Hall–Kier alpha value is -2.31. The molecular formula is C13H8Cl2N4O2. The largest absolute Gasteiger partial charge is 0.444 e. The van der Waals surface area contributed by atoms with Crippen LogP contribution < -0.4 is 5.32 Å². The quantitative estimate of drug-likeness (QED) is 0.771. The third-order valence-electron chi connectivity index (χ3n) is 2.65. The third kappa shape index (κ3) is 2.91. The number of anilines is 1. The van der Waals surface area contributed by atoms with Crippen LogP contribution in [0.5, 0.6) is 0 Å². The third-order valence-corrected chi connectivity index (χ3v) is 3.39. The Balaban J connectivity index is 1.82. The number of carbonyl (C=O) groups excluding carboxylic acids is 1. The SMILES string of the molecule is O=C(Nc1ccn[nH]1)c1coc(-c2ccc(Cl)c(Cl)c2)n1. The number of hydrogen-bond donors (Lipinski definition) is 2. The maximum Gasteiger partial charge on any atom is 0.278 e. The molecule has 0 bridgehead atoms. The van der Waals surface area contributed by atoms with E-state index in [4.69, 9.17) is 27.6 Å². The molecule has 6 nitrogen and oxygen atoms in total. The van der Waals surface area contributed by atoms with Gasteiger partial charge in [-0.25, -0.2) is 4.98 Å². The van der Waals surface area contributed by atoms with Crippen molar-refractivity contribution in [2.75, 3.05) is 5.32 Å². The fourth-order valence-electron chi connectivity index (χ4n) is 1.65. The normalized spacial score (nSPS) is 10.6. The van der Waals surface area contributed by atoms with Gasteiger partial charge in [-0.3, -0.25) is 9.89 Å². The smallest absolute Gasteiger partial charge is 0.278 e. The van der Waals surface area contributed by atoms with Crippen LogP contribution in [0.15, 0.2) is 41.1 Å². The van der Waals surface area contributed by atoms with Gasteiger partial charge in [0.15, 0.2) is 5.69 Å². The molecule has 0 saturated heterocycles. The van der Waals surface area contributed by atoms with Crippen LogP contribution in [0.1, 0.15) is 10.5 Å². The first kappa shape index (κ1) is 13.7. The zero-order chi connectivity index (χ0) is 14.8. The average Bonchev–Trinajstić information content (AvgIpc) is 3.12. The minimum Gasteiger partial charge on any atom is -0.444 e. The summed E-state index contributed by atoms with van der Waals surface area (Å²) in [6.45, 7) is 0. The Labute approximate surface area is 129 Å². The van der Waals surface area contributed by atoms with Gasteiger partial charge in [0.1, 0.15) is 12.1 Å².